The summed E-state index contributed by atoms with van der Waals surface area (Å²) >= 11 is 0.832. The third-order valence-corrected chi connectivity index (χ3v) is 4.11. The van der Waals surface area contributed by atoms with Crippen molar-refractivity contribution in [3.05, 3.63) is 40.3 Å². The molecule has 1 heterocycles. The van der Waals surface area contributed by atoms with E-state index in [2.05, 4.69) is 4.74 Å². The predicted molar refractivity (Wildman–Crippen MR) is 80.5 cm³/mol. The average Bonchev–Trinajstić information content (AvgIpc) is 2.74. The van der Waals surface area contributed by atoms with E-state index in [-0.39, 0.29) is 0 Å². The van der Waals surface area contributed by atoms with E-state index in [0.717, 1.165) is 27.8 Å². The summed E-state index contributed by atoms with van der Waals surface area (Å²) in [7, 11) is 1.22. The molecular weight excluding hydrogens is 290 g/mol. The third kappa shape index (κ3) is 3.00. The van der Waals surface area contributed by atoms with Gasteiger partial charge in [-0.05, 0) is 42.8 Å². The van der Waals surface area contributed by atoms with Gasteiger partial charge < -0.3 is 4.74 Å². The number of hydrogen-bond acceptors (Lipinski definition) is 5. The molecule has 1 aromatic rings. The van der Waals surface area contributed by atoms with Crippen molar-refractivity contribution in [1.29, 1.82) is 0 Å². The predicted octanol–water partition coefficient (Wildman–Crippen LogP) is 2.59. The number of esters is 1. The molecule has 0 aliphatic carbocycles. The molecule has 1 saturated heterocycles. The number of nitrogens with zero attached hydrogens (tertiary/aromatic N) is 1. The molecule has 0 radical (unpaired) electrons. The minimum atomic E-state index is -0.926. The fraction of sp³-hybridized carbons (Fsp3) is 0.267. The molecule has 6 heteroatoms. The Morgan fingerprint density at radius 2 is 2.00 bits per heavy atom. The van der Waals surface area contributed by atoms with Gasteiger partial charge in [0, 0.05) is 0 Å². The van der Waals surface area contributed by atoms with Gasteiger partial charge in [0.15, 0.2) is 0 Å². The molecule has 5 nitrogen and oxygen atoms in total. The van der Waals surface area contributed by atoms with Gasteiger partial charge in [-0.2, -0.15) is 0 Å². The van der Waals surface area contributed by atoms with Crippen molar-refractivity contribution >= 4 is 35.0 Å². The topological polar surface area (TPSA) is 63.7 Å². The number of methoxy groups -OCH3 is 1. The van der Waals surface area contributed by atoms with E-state index in [1.54, 1.807) is 6.08 Å². The number of ether oxygens (including phenoxy) is 1. The first-order chi connectivity index (χ1) is 9.95. The second-order valence-corrected chi connectivity index (χ2v) is 5.60. The molecule has 0 unspecified atom stereocenters. The van der Waals surface area contributed by atoms with Gasteiger partial charge in [-0.15, -0.1) is 0 Å². The Balaban J connectivity index is 2.30. The number of imide groups is 1. The lowest BCUT2D eigenvalue weighted by molar-refractivity contribution is -0.148. The van der Waals surface area contributed by atoms with Crippen LogP contribution in [0.25, 0.3) is 6.08 Å². The van der Waals surface area contributed by atoms with Crippen molar-refractivity contribution in [2.75, 3.05) is 7.11 Å². The van der Waals surface area contributed by atoms with Crippen LogP contribution in [0.4, 0.5) is 4.79 Å². The molecule has 1 aromatic carbocycles. The number of thioether (sulfide) groups is 1. The lowest BCUT2D eigenvalue weighted by Gasteiger charge is -2.18. The van der Waals surface area contributed by atoms with Crippen LogP contribution in [0.3, 0.4) is 0 Å². The molecule has 0 bridgehead atoms. The molecule has 0 N–H and O–H groups in total. The number of aryl methyl sites for hydroxylation is 1. The Hall–Kier alpha value is -2.08. The molecule has 0 spiro atoms. The summed E-state index contributed by atoms with van der Waals surface area (Å²) in [6.07, 6.45) is 1.67. The summed E-state index contributed by atoms with van der Waals surface area (Å²) in [5.74, 6) is -1.08. The molecule has 0 saturated carbocycles. The molecule has 1 aliphatic heterocycles. The lowest BCUT2D eigenvalue weighted by Crippen LogP contribution is -2.42. The fourth-order valence-electron chi connectivity index (χ4n) is 1.98. The first-order valence-corrected chi connectivity index (χ1v) is 7.18. The van der Waals surface area contributed by atoms with Crippen LogP contribution in [0.5, 0.6) is 0 Å². The van der Waals surface area contributed by atoms with Crippen molar-refractivity contribution in [3.63, 3.8) is 0 Å². The van der Waals surface area contributed by atoms with Crippen LogP contribution in [0.1, 0.15) is 18.1 Å². The first kappa shape index (κ1) is 15.3. The monoisotopic (exact) mass is 305 g/mol. The standard InChI is InChI=1S/C15H15NO4S/c1-9-6-4-5-7-11(9)8-12-13(17)16(15(19)21-12)10(2)14(18)20-3/h4-8,10H,1-3H3/b12-8-/t10-/m0/s1. The van der Waals surface area contributed by atoms with Crippen LogP contribution in [0.2, 0.25) is 0 Å². The normalized spacial score (nSPS) is 18.2. The van der Waals surface area contributed by atoms with Crippen molar-refractivity contribution in [2.24, 2.45) is 0 Å². The summed E-state index contributed by atoms with van der Waals surface area (Å²) in [6, 6.07) is 6.63. The Kier molecular flexibility index (Phi) is 4.47. The molecular formula is C15H15NO4S. The first-order valence-electron chi connectivity index (χ1n) is 6.36. The zero-order valence-corrected chi connectivity index (χ0v) is 12.8. The van der Waals surface area contributed by atoms with E-state index in [1.165, 1.54) is 14.0 Å². The van der Waals surface area contributed by atoms with Gasteiger partial charge in [-0.3, -0.25) is 14.5 Å². The zero-order chi connectivity index (χ0) is 15.6. The van der Waals surface area contributed by atoms with Crippen LogP contribution in [-0.4, -0.2) is 35.2 Å². The van der Waals surface area contributed by atoms with E-state index in [0.29, 0.717) is 4.91 Å². The quantitative estimate of drug-likeness (QED) is 0.634. The van der Waals surface area contributed by atoms with Crippen LogP contribution in [0.15, 0.2) is 29.2 Å². The summed E-state index contributed by atoms with van der Waals surface area (Å²) in [6.45, 7) is 3.39. The van der Waals surface area contributed by atoms with Gasteiger partial charge in [0.1, 0.15) is 6.04 Å². The van der Waals surface area contributed by atoms with E-state index >= 15 is 0 Å². The molecule has 0 aromatic heterocycles. The van der Waals surface area contributed by atoms with E-state index in [1.807, 2.05) is 31.2 Å². The van der Waals surface area contributed by atoms with E-state index in [9.17, 15) is 14.4 Å². The number of hydrogen-bond donors (Lipinski definition) is 0. The largest absolute Gasteiger partial charge is 0.467 e. The third-order valence-electron chi connectivity index (χ3n) is 3.23. The zero-order valence-electron chi connectivity index (χ0n) is 12.0. The molecule has 2 rings (SSSR count). The Labute approximate surface area is 127 Å². The Morgan fingerprint density at radius 3 is 2.62 bits per heavy atom. The number of rotatable bonds is 3. The van der Waals surface area contributed by atoms with Gasteiger partial charge in [-0.25, -0.2) is 4.79 Å². The fourth-order valence-corrected chi connectivity index (χ4v) is 2.88. The van der Waals surface area contributed by atoms with E-state index < -0.39 is 23.2 Å². The van der Waals surface area contributed by atoms with Gasteiger partial charge in [0.2, 0.25) is 0 Å². The highest BCUT2D eigenvalue weighted by Crippen LogP contribution is 2.34. The minimum absolute atomic E-state index is 0.310. The van der Waals surface area contributed by atoms with Crippen molar-refractivity contribution in [2.45, 2.75) is 19.9 Å². The number of carbonyl (C=O) groups excluding carboxylic acids is 3. The highest BCUT2D eigenvalue weighted by atomic mass is 32.2. The van der Waals surface area contributed by atoms with E-state index in [4.69, 9.17) is 0 Å². The highest BCUT2D eigenvalue weighted by Gasteiger charge is 2.41. The Morgan fingerprint density at radius 1 is 1.33 bits per heavy atom. The Bertz CT molecular complexity index is 638. The van der Waals surface area contributed by atoms with Crippen molar-refractivity contribution in [1.82, 2.24) is 4.90 Å². The number of benzene rings is 1. The smallest absolute Gasteiger partial charge is 0.328 e. The minimum Gasteiger partial charge on any atom is -0.467 e. The van der Waals surface area contributed by atoms with Gasteiger partial charge in [0.25, 0.3) is 11.1 Å². The number of carbonyl (C=O) groups is 3. The summed E-state index contributed by atoms with van der Waals surface area (Å²) < 4.78 is 4.58. The number of amides is 2. The second kappa shape index (κ2) is 6.13. The van der Waals surface area contributed by atoms with Gasteiger partial charge in [0.05, 0.1) is 12.0 Å². The van der Waals surface area contributed by atoms with Crippen LogP contribution >= 0.6 is 11.8 Å². The van der Waals surface area contributed by atoms with Crippen LogP contribution in [-0.2, 0) is 14.3 Å². The van der Waals surface area contributed by atoms with Gasteiger partial charge >= 0.3 is 5.97 Å². The highest BCUT2D eigenvalue weighted by molar-refractivity contribution is 8.18. The molecule has 1 fully saturated rings. The average molecular weight is 305 g/mol. The molecule has 2 amide bonds. The maximum absolute atomic E-state index is 12.3. The summed E-state index contributed by atoms with van der Waals surface area (Å²) in [5.41, 5.74) is 1.87. The lowest BCUT2D eigenvalue weighted by atomic mass is 10.1. The summed E-state index contributed by atoms with van der Waals surface area (Å²) in [4.78, 5) is 37.0. The maximum Gasteiger partial charge on any atom is 0.328 e. The van der Waals surface area contributed by atoms with Gasteiger partial charge in [-0.1, -0.05) is 24.3 Å². The second-order valence-electron chi connectivity index (χ2n) is 4.61. The van der Waals surface area contributed by atoms with Crippen LogP contribution in [0, 0.1) is 6.92 Å². The molecule has 1 aliphatic rings. The SMILES string of the molecule is COC(=O)[C@H](C)N1C(=O)S/C(=C\c2ccccc2C)C1=O. The maximum atomic E-state index is 12.3. The molecule has 21 heavy (non-hydrogen) atoms. The van der Waals surface area contributed by atoms with Crippen molar-refractivity contribution in [3.8, 4) is 0 Å². The molecule has 110 valence electrons. The van der Waals surface area contributed by atoms with Crippen LogP contribution < -0.4 is 0 Å². The molecule has 1 atom stereocenters. The summed E-state index contributed by atoms with van der Waals surface area (Å²) in [5, 5.41) is -0.460. The van der Waals surface area contributed by atoms with Crippen molar-refractivity contribution < 1.29 is 19.1 Å².